The zero-order chi connectivity index (χ0) is 52.9. The van der Waals surface area contributed by atoms with Gasteiger partial charge in [-0.15, -0.1) is 0 Å². The molecule has 0 heterocycles. The van der Waals surface area contributed by atoms with Gasteiger partial charge in [0.2, 0.25) is 0 Å². The summed E-state index contributed by atoms with van der Waals surface area (Å²) in [4.78, 5) is 38.1. The number of unbranched alkanes of at least 4 members (excludes halogenated alkanes) is 43. The molecule has 0 aliphatic carbocycles. The molecule has 0 aromatic carbocycles. The van der Waals surface area contributed by atoms with Gasteiger partial charge < -0.3 is 14.2 Å². The Morgan fingerprint density at radius 2 is 0.452 bits per heavy atom. The second-order valence-electron chi connectivity index (χ2n) is 22.0. The number of ether oxygens (including phenoxy) is 3. The van der Waals surface area contributed by atoms with Gasteiger partial charge >= 0.3 is 17.9 Å². The van der Waals surface area contributed by atoms with Gasteiger partial charge in [0.15, 0.2) is 6.10 Å². The summed E-state index contributed by atoms with van der Waals surface area (Å²) < 4.78 is 16.9. The van der Waals surface area contributed by atoms with E-state index in [0.717, 1.165) is 77.0 Å². The molecule has 0 saturated heterocycles. The van der Waals surface area contributed by atoms with Crippen LogP contribution in [0.3, 0.4) is 0 Å². The molecule has 6 nitrogen and oxygen atoms in total. The molecule has 0 aliphatic rings. The lowest BCUT2D eigenvalue weighted by Crippen LogP contribution is -2.30. The van der Waals surface area contributed by atoms with E-state index in [1.165, 1.54) is 238 Å². The molecule has 0 amide bonds. The van der Waals surface area contributed by atoms with Crippen LogP contribution >= 0.6 is 0 Å². The standard InChI is InChI=1S/C67H124O6/c1-4-7-10-13-16-19-22-25-26-27-28-29-30-31-32-33-34-35-36-37-38-39-40-41-42-43-46-48-51-54-57-60-66(69)72-63-64(73-67(70)61-58-55-52-49-45-24-21-18-15-12-9-6-3)62-71-65(68)59-56-53-50-47-44-23-20-17-14-11-8-5-2/h17-18,20-21,27-28,64H,4-16,19,22-26,29-63H2,1-3H3/b20-17-,21-18-,28-27-. The molecule has 1 atom stereocenters. The van der Waals surface area contributed by atoms with Crippen molar-refractivity contribution in [2.24, 2.45) is 0 Å². The number of hydrogen-bond donors (Lipinski definition) is 0. The Labute approximate surface area is 455 Å². The van der Waals surface area contributed by atoms with E-state index in [4.69, 9.17) is 14.2 Å². The Balaban J connectivity index is 4.06. The van der Waals surface area contributed by atoms with Crippen LogP contribution in [0.25, 0.3) is 0 Å². The van der Waals surface area contributed by atoms with Crippen molar-refractivity contribution in [3.8, 4) is 0 Å². The van der Waals surface area contributed by atoms with Crippen LogP contribution in [0.2, 0.25) is 0 Å². The van der Waals surface area contributed by atoms with E-state index < -0.39 is 6.10 Å². The predicted octanol–water partition coefficient (Wildman–Crippen LogP) is 22.0. The molecule has 1 unspecified atom stereocenters. The van der Waals surface area contributed by atoms with Crippen molar-refractivity contribution in [2.75, 3.05) is 13.2 Å². The maximum Gasteiger partial charge on any atom is 0.306 e. The van der Waals surface area contributed by atoms with Crippen molar-refractivity contribution < 1.29 is 28.6 Å². The third kappa shape index (κ3) is 60.4. The van der Waals surface area contributed by atoms with Gasteiger partial charge in [-0.1, -0.05) is 276 Å². The summed E-state index contributed by atoms with van der Waals surface area (Å²) in [7, 11) is 0. The van der Waals surface area contributed by atoms with Crippen molar-refractivity contribution >= 4 is 17.9 Å². The summed E-state index contributed by atoms with van der Waals surface area (Å²) in [5, 5.41) is 0. The van der Waals surface area contributed by atoms with E-state index in [-0.39, 0.29) is 31.1 Å². The van der Waals surface area contributed by atoms with Crippen molar-refractivity contribution in [3.05, 3.63) is 36.5 Å². The summed E-state index contributed by atoms with van der Waals surface area (Å²) in [6.07, 6.45) is 76.1. The first kappa shape index (κ1) is 70.6. The highest BCUT2D eigenvalue weighted by Gasteiger charge is 2.19. The molecule has 0 bridgehead atoms. The summed E-state index contributed by atoms with van der Waals surface area (Å²) in [6.45, 7) is 6.62. The second-order valence-corrected chi connectivity index (χ2v) is 22.0. The summed E-state index contributed by atoms with van der Waals surface area (Å²) >= 11 is 0. The molecule has 0 aromatic heterocycles. The molecule has 0 aliphatic heterocycles. The highest BCUT2D eigenvalue weighted by molar-refractivity contribution is 5.71. The van der Waals surface area contributed by atoms with E-state index in [1.807, 2.05) is 0 Å². The average Bonchev–Trinajstić information content (AvgIpc) is 3.39. The van der Waals surface area contributed by atoms with Gasteiger partial charge in [-0.2, -0.15) is 0 Å². The fourth-order valence-corrected chi connectivity index (χ4v) is 9.67. The highest BCUT2D eigenvalue weighted by atomic mass is 16.6. The summed E-state index contributed by atoms with van der Waals surface area (Å²) in [5.41, 5.74) is 0. The predicted molar refractivity (Wildman–Crippen MR) is 316 cm³/mol. The Bertz CT molecular complexity index is 1220. The van der Waals surface area contributed by atoms with Crippen LogP contribution in [0.5, 0.6) is 0 Å². The van der Waals surface area contributed by atoms with Crippen LogP contribution in [0.4, 0.5) is 0 Å². The van der Waals surface area contributed by atoms with Crippen molar-refractivity contribution in [1.82, 2.24) is 0 Å². The lowest BCUT2D eigenvalue weighted by Gasteiger charge is -2.18. The van der Waals surface area contributed by atoms with Crippen LogP contribution in [-0.4, -0.2) is 37.2 Å². The van der Waals surface area contributed by atoms with Crippen molar-refractivity contribution in [3.63, 3.8) is 0 Å². The van der Waals surface area contributed by atoms with Crippen LogP contribution < -0.4 is 0 Å². The molecule has 0 radical (unpaired) electrons. The monoisotopic (exact) mass is 1020 g/mol. The average molecular weight is 1030 g/mol. The maximum absolute atomic E-state index is 12.8. The normalized spacial score (nSPS) is 12.2. The maximum atomic E-state index is 12.8. The first-order valence-corrected chi connectivity index (χ1v) is 32.5. The number of hydrogen-bond acceptors (Lipinski definition) is 6. The summed E-state index contributed by atoms with van der Waals surface area (Å²) in [5.74, 6) is -0.875. The number of carbonyl (C=O) groups is 3. The lowest BCUT2D eigenvalue weighted by atomic mass is 10.0. The Hall–Kier alpha value is -2.37. The number of esters is 3. The fraction of sp³-hybridized carbons (Fsp3) is 0.866. The first-order chi connectivity index (χ1) is 36.0. The minimum atomic E-state index is -0.777. The number of rotatable bonds is 60. The van der Waals surface area contributed by atoms with Gasteiger partial charge in [-0.3, -0.25) is 14.4 Å². The minimum Gasteiger partial charge on any atom is -0.462 e. The minimum absolute atomic E-state index is 0.0745. The lowest BCUT2D eigenvalue weighted by molar-refractivity contribution is -0.167. The smallest absolute Gasteiger partial charge is 0.306 e. The van der Waals surface area contributed by atoms with Gasteiger partial charge in [-0.05, 0) is 96.3 Å². The molecule has 0 aromatic rings. The van der Waals surface area contributed by atoms with E-state index >= 15 is 0 Å². The molecule has 428 valence electrons. The highest BCUT2D eigenvalue weighted by Crippen LogP contribution is 2.17. The zero-order valence-corrected chi connectivity index (χ0v) is 49.2. The number of allylic oxidation sites excluding steroid dienone is 6. The van der Waals surface area contributed by atoms with Crippen molar-refractivity contribution in [2.45, 2.75) is 361 Å². The molecule has 6 heteroatoms. The molecule has 0 rings (SSSR count). The van der Waals surface area contributed by atoms with Crippen LogP contribution in [0.15, 0.2) is 36.5 Å². The quantitative estimate of drug-likeness (QED) is 0.0261. The summed E-state index contributed by atoms with van der Waals surface area (Å²) in [6, 6.07) is 0. The van der Waals surface area contributed by atoms with Gasteiger partial charge in [0, 0.05) is 19.3 Å². The van der Waals surface area contributed by atoms with Gasteiger partial charge in [-0.25, -0.2) is 0 Å². The molecule has 73 heavy (non-hydrogen) atoms. The van der Waals surface area contributed by atoms with Gasteiger partial charge in [0.05, 0.1) is 0 Å². The first-order valence-electron chi connectivity index (χ1n) is 32.5. The van der Waals surface area contributed by atoms with Crippen LogP contribution in [0.1, 0.15) is 355 Å². The molecule has 0 fully saturated rings. The van der Waals surface area contributed by atoms with Crippen LogP contribution in [-0.2, 0) is 28.6 Å². The Morgan fingerprint density at radius 1 is 0.260 bits per heavy atom. The van der Waals surface area contributed by atoms with Gasteiger partial charge in [0.25, 0.3) is 0 Å². The Morgan fingerprint density at radius 3 is 0.712 bits per heavy atom. The van der Waals surface area contributed by atoms with E-state index in [9.17, 15) is 14.4 Å². The second kappa shape index (κ2) is 62.2. The number of carbonyl (C=O) groups excluding carboxylic acids is 3. The molecule has 0 saturated carbocycles. The third-order valence-electron chi connectivity index (χ3n) is 14.6. The van der Waals surface area contributed by atoms with E-state index in [2.05, 4.69) is 57.2 Å². The Kier molecular flexibility index (Phi) is 60.2. The SMILES string of the molecule is CCCCC/C=C\CCCCCCCC(=O)OCC(COC(=O)CCCCCCCCCCCCCCCCCCCCC/C=C\CCCCCCCCCC)OC(=O)CCCCCCC/C=C\CCCCC. The third-order valence-corrected chi connectivity index (χ3v) is 14.6. The topological polar surface area (TPSA) is 78.9 Å². The molecule has 0 spiro atoms. The van der Waals surface area contributed by atoms with Crippen molar-refractivity contribution in [1.29, 1.82) is 0 Å². The fourth-order valence-electron chi connectivity index (χ4n) is 9.67. The molecular formula is C67H124O6. The molecule has 0 N–H and O–H groups in total. The van der Waals surface area contributed by atoms with E-state index in [1.54, 1.807) is 0 Å². The molecular weight excluding hydrogens is 901 g/mol. The van der Waals surface area contributed by atoms with Gasteiger partial charge in [0.1, 0.15) is 13.2 Å². The van der Waals surface area contributed by atoms with Crippen LogP contribution in [0, 0.1) is 0 Å². The largest absolute Gasteiger partial charge is 0.462 e. The zero-order valence-electron chi connectivity index (χ0n) is 49.2. The van der Waals surface area contributed by atoms with E-state index in [0.29, 0.717) is 19.3 Å².